The van der Waals surface area contributed by atoms with Gasteiger partial charge in [0, 0.05) is 11.6 Å². The van der Waals surface area contributed by atoms with Crippen LogP contribution in [0.25, 0.3) is 21.9 Å². The summed E-state index contributed by atoms with van der Waals surface area (Å²) >= 11 is 6.00. The van der Waals surface area contributed by atoms with Crippen molar-refractivity contribution in [2.45, 2.75) is 0 Å². The standard InChI is InChI=1S/C9H5ClN4/c10-8-7-5-1-2-11-9(5)12-3-6(7)13-4-14-8/h1-4H,(H,11,12). The van der Waals surface area contributed by atoms with Crippen molar-refractivity contribution >= 4 is 33.5 Å². The number of aromatic amines is 1. The quantitative estimate of drug-likeness (QED) is 0.571. The van der Waals surface area contributed by atoms with E-state index in [9.17, 15) is 0 Å². The molecule has 0 spiro atoms. The number of fused-ring (bicyclic) bond motifs is 3. The largest absolute Gasteiger partial charge is 0.346 e. The van der Waals surface area contributed by atoms with Crippen LogP contribution in [0, 0.1) is 0 Å². The Kier molecular flexibility index (Phi) is 1.46. The van der Waals surface area contributed by atoms with Gasteiger partial charge in [0.05, 0.1) is 17.1 Å². The molecule has 3 heterocycles. The van der Waals surface area contributed by atoms with Gasteiger partial charge in [0.2, 0.25) is 0 Å². The molecule has 0 aliphatic heterocycles. The zero-order chi connectivity index (χ0) is 9.54. The van der Waals surface area contributed by atoms with Gasteiger partial charge in [-0.25, -0.2) is 15.0 Å². The molecule has 0 aromatic carbocycles. The summed E-state index contributed by atoms with van der Waals surface area (Å²) in [5.41, 5.74) is 1.56. The Morgan fingerprint density at radius 1 is 1.21 bits per heavy atom. The van der Waals surface area contributed by atoms with E-state index in [0.29, 0.717) is 5.15 Å². The molecule has 0 radical (unpaired) electrons. The molecule has 3 aromatic heterocycles. The zero-order valence-electron chi connectivity index (χ0n) is 7.03. The lowest BCUT2D eigenvalue weighted by molar-refractivity contribution is 1.21. The molecular formula is C9H5ClN4. The van der Waals surface area contributed by atoms with Crippen LogP contribution >= 0.6 is 11.6 Å². The number of nitrogens with one attached hydrogen (secondary N) is 1. The number of hydrogen-bond donors (Lipinski definition) is 1. The van der Waals surface area contributed by atoms with Gasteiger partial charge in [0.1, 0.15) is 17.1 Å². The lowest BCUT2D eigenvalue weighted by Crippen LogP contribution is -1.86. The summed E-state index contributed by atoms with van der Waals surface area (Å²) in [4.78, 5) is 15.3. The van der Waals surface area contributed by atoms with Crippen molar-refractivity contribution in [2.75, 3.05) is 0 Å². The van der Waals surface area contributed by atoms with Crippen molar-refractivity contribution in [1.82, 2.24) is 19.9 Å². The molecule has 5 heteroatoms. The second-order valence-electron chi connectivity index (χ2n) is 2.92. The highest BCUT2D eigenvalue weighted by atomic mass is 35.5. The van der Waals surface area contributed by atoms with Gasteiger partial charge in [0.15, 0.2) is 0 Å². The molecule has 3 rings (SSSR count). The Labute approximate surface area is 84.0 Å². The Morgan fingerprint density at radius 2 is 2.14 bits per heavy atom. The van der Waals surface area contributed by atoms with Gasteiger partial charge in [-0.3, -0.25) is 0 Å². The molecule has 0 fully saturated rings. The molecule has 0 amide bonds. The summed E-state index contributed by atoms with van der Waals surface area (Å²) in [6.45, 7) is 0. The number of rotatable bonds is 0. The lowest BCUT2D eigenvalue weighted by atomic mass is 10.2. The van der Waals surface area contributed by atoms with Crippen molar-refractivity contribution < 1.29 is 0 Å². The average molecular weight is 205 g/mol. The summed E-state index contributed by atoms with van der Waals surface area (Å²) in [6.07, 6.45) is 4.94. The lowest BCUT2D eigenvalue weighted by Gasteiger charge is -1.98. The van der Waals surface area contributed by atoms with Gasteiger partial charge in [-0.1, -0.05) is 11.6 Å². The zero-order valence-corrected chi connectivity index (χ0v) is 7.78. The molecule has 0 aliphatic carbocycles. The third kappa shape index (κ3) is 0.914. The van der Waals surface area contributed by atoms with E-state index >= 15 is 0 Å². The first-order chi connectivity index (χ1) is 6.86. The third-order valence-corrected chi connectivity index (χ3v) is 2.43. The SMILES string of the molecule is Clc1ncnc2cnc3[nH]ccc3c12. The maximum Gasteiger partial charge on any atom is 0.141 e. The predicted octanol–water partition coefficient (Wildman–Crippen LogP) is 2.16. The van der Waals surface area contributed by atoms with Gasteiger partial charge in [0.25, 0.3) is 0 Å². The first-order valence-electron chi connectivity index (χ1n) is 4.08. The summed E-state index contributed by atoms with van der Waals surface area (Å²) in [5, 5.41) is 2.26. The van der Waals surface area contributed by atoms with Gasteiger partial charge >= 0.3 is 0 Å². The van der Waals surface area contributed by atoms with Crippen molar-refractivity contribution in [2.24, 2.45) is 0 Å². The van der Waals surface area contributed by atoms with E-state index in [1.807, 2.05) is 12.3 Å². The van der Waals surface area contributed by atoms with Crippen LogP contribution in [0.2, 0.25) is 5.15 Å². The molecule has 14 heavy (non-hydrogen) atoms. The fraction of sp³-hybridized carbons (Fsp3) is 0. The van der Waals surface area contributed by atoms with Crippen LogP contribution < -0.4 is 0 Å². The van der Waals surface area contributed by atoms with Gasteiger partial charge < -0.3 is 4.98 Å². The van der Waals surface area contributed by atoms with Crippen LogP contribution in [0.3, 0.4) is 0 Å². The van der Waals surface area contributed by atoms with Crippen molar-refractivity contribution in [3.63, 3.8) is 0 Å². The molecule has 4 nitrogen and oxygen atoms in total. The molecule has 0 unspecified atom stereocenters. The van der Waals surface area contributed by atoms with Crippen LogP contribution in [0.15, 0.2) is 24.8 Å². The summed E-state index contributed by atoms with van der Waals surface area (Å²) in [5.74, 6) is 0. The Bertz CT molecular complexity index is 616. The average Bonchev–Trinajstić information content (AvgIpc) is 2.65. The first-order valence-corrected chi connectivity index (χ1v) is 4.46. The maximum absolute atomic E-state index is 6.00. The van der Waals surface area contributed by atoms with Crippen molar-refractivity contribution in [3.05, 3.63) is 29.9 Å². The predicted molar refractivity (Wildman–Crippen MR) is 54.2 cm³/mol. The van der Waals surface area contributed by atoms with E-state index in [1.165, 1.54) is 6.33 Å². The normalized spacial score (nSPS) is 11.2. The highest BCUT2D eigenvalue weighted by Crippen LogP contribution is 2.25. The Morgan fingerprint density at radius 3 is 3.07 bits per heavy atom. The van der Waals surface area contributed by atoms with Crippen molar-refractivity contribution in [1.29, 1.82) is 0 Å². The summed E-state index contributed by atoms with van der Waals surface area (Å²) < 4.78 is 0. The number of halogens is 1. The highest BCUT2D eigenvalue weighted by Gasteiger charge is 2.07. The smallest absolute Gasteiger partial charge is 0.141 e. The van der Waals surface area contributed by atoms with Gasteiger partial charge in [-0.05, 0) is 6.07 Å². The van der Waals surface area contributed by atoms with Crippen LogP contribution in [-0.4, -0.2) is 19.9 Å². The molecule has 0 bridgehead atoms. The number of H-pyrrole nitrogens is 1. The maximum atomic E-state index is 6.00. The first kappa shape index (κ1) is 7.70. The number of aromatic nitrogens is 4. The van der Waals surface area contributed by atoms with Gasteiger partial charge in [-0.2, -0.15) is 0 Å². The molecule has 0 saturated carbocycles. The Hall–Kier alpha value is -1.68. The molecule has 1 N–H and O–H groups in total. The monoisotopic (exact) mass is 204 g/mol. The number of hydrogen-bond acceptors (Lipinski definition) is 3. The van der Waals surface area contributed by atoms with Crippen LogP contribution in [0.4, 0.5) is 0 Å². The topological polar surface area (TPSA) is 54.5 Å². The van der Waals surface area contributed by atoms with E-state index in [0.717, 1.165) is 21.9 Å². The van der Waals surface area contributed by atoms with E-state index in [1.54, 1.807) is 6.20 Å². The number of pyridine rings is 1. The minimum absolute atomic E-state index is 0.460. The van der Waals surface area contributed by atoms with Gasteiger partial charge in [-0.15, -0.1) is 0 Å². The minimum atomic E-state index is 0.460. The van der Waals surface area contributed by atoms with E-state index in [-0.39, 0.29) is 0 Å². The molecule has 3 aromatic rings. The van der Waals surface area contributed by atoms with E-state index < -0.39 is 0 Å². The highest BCUT2D eigenvalue weighted by molar-refractivity contribution is 6.36. The van der Waals surface area contributed by atoms with E-state index in [2.05, 4.69) is 19.9 Å². The number of nitrogens with zero attached hydrogens (tertiary/aromatic N) is 3. The molecule has 0 saturated heterocycles. The third-order valence-electron chi connectivity index (χ3n) is 2.14. The second kappa shape index (κ2) is 2.65. The summed E-state index contributed by atoms with van der Waals surface area (Å²) in [7, 11) is 0. The Balaban J connectivity index is 2.67. The van der Waals surface area contributed by atoms with E-state index in [4.69, 9.17) is 11.6 Å². The fourth-order valence-electron chi connectivity index (χ4n) is 1.52. The molecular weight excluding hydrogens is 200 g/mol. The van der Waals surface area contributed by atoms with Crippen LogP contribution in [0.1, 0.15) is 0 Å². The molecule has 0 aliphatic rings. The molecule has 0 atom stereocenters. The fourth-order valence-corrected chi connectivity index (χ4v) is 1.76. The molecule has 68 valence electrons. The van der Waals surface area contributed by atoms with Crippen molar-refractivity contribution in [3.8, 4) is 0 Å². The van der Waals surface area contributed by atoms with Crippen LogP contribution in [-0.2, 0) is 0 Å². The second-order valence-corrected chi connectivity index (χ2v) is 3.28. The minimum Gasteiger partial charge on any atom is -0.346 e. The van der Waals surface area contributed by atoms with Crippen LogP contribution in [0.5, 0.6) is 0 Å². The summed E-state index contributed by atoms with van der Waals surface area (Å²) in [6, 6.07) is 1.92.